The maximum absolute atomic E-state index is 11.7. The van der Waals surface area contributed by atoms with Crippen LogP contribution in [0.5, 0.6) is 0 Å². The van der Waals surface area contributed by atoms with Crippen molar-refractivity contribution in [3.63, 3.8) is 0 Å². The van der Waals surface area contributed by atoms with Crippen LogP contribution >= 0.6 is 15.9 Å². The van der Waals surface area contributed by atoms with Gasteiger partial charge in [0.15, 0.2) is 5.82 Å². The lowest BCUT2D eigenvalue weighted by atomic mass is 10.2. The number of nitrogens with two attached hydrogens (primary N) is 1. The van der Waals surface area contributed by atoms with Crippen molar-refractivity contribution < 1.29 is 9.32 Å². The maximum atomic E-state index is 11.7. The van der Waals surface area contributed by atoms with Crippen molar-refractivity contribution in [3.05, 3.63) is 40.6 Å². The van der Waals surface area contributed by atoms with Gasteiger partial charge in [0.1, 0.15) is 6.26 Å². The zero-order valence-corrected chi connectivity index (χ0v) is 9.69. The molecular weight excluding hydrogens is 274 g/mol. The fraction of sp³-hybridized carbons (Fsp3) is 0. The second-order valence-corrected chi connectivity index (χ2v) is 3.93. The molecule has 82 valence electrons. The van der Waals surface area contributed by atoms with E-state index in [0.717, 1.165) is 4.47 Å². The van der Waals surface area contributed by atoms with E-state index in [-0.39, 0.29) is 5.91 Å². The van der Waals surface area contributed by atoms with E-state index in [1.807, 2.05) is 0 Å². The van der Waals surface area contributed by atoms with Crippen molar-refractivity contribution in [2.75, 3.05) is 11.1 Å². The Hall–Kier alpha value is -1.82. The molecule has 0 fully saturated rings. The Bertz CT molecular complexity index is 511. The third-order valence-corrected chi connectivity index (χ3v) is 2.66. The third-order valence-electron chi connectivity index (χ3n) is 1.94. The molecule has 2 rings (SSSR count). The summed E-state index contributed by atoms with van der Waals surface area (Å²) >= 11 is 3.26. The number of hydrogen-bond acceptors (Lipinski definition) is 4. The molecule has 0 spiro atoms. The lowest BCUT2D eigenvalue weighted by molar-refractivity contribution is 0.102. The molecule has 1 aromatic carbocycles. The highest BCUT2D eigenvalue weighted by Gasteiger charge is 2.08. The SMILES string of the molecule is Nc1cc(C(=O)Nc2ccon2)ccc1Br. The van der Waals surface area contributed by atoms with Gasteiger partial charge in [-0.05, 0) is 34.1 Å². The average Bonchev–Trinajstić information content (AvgIpc) is 2.74. The number of halogens is 1. The minimum atomic E-state index is -0.284. The molecule has 0 radical (unpaired) electrons. The van der Waals surface area contributed by atoms with Crippen LogP contribution in [0.15, 0.2) is 39.5 Å². The van der Waals surface area contributed by atoms with Gasteiger partial charge in [-0.3, -0.25) is 4.79 Å². The van der Waals surface area contributed by atoms with Gasteiger partial charge in [-0.2, -0.15) is 0 Å². The van der Waals surface area contributed by atoms with Gasteiger partial charge in [-0.25, -0.2) is 0 Å². The quantitative estimate of drug-likeness (QED) is 0.828. The fourth-order valence-electron chi connectivity index (χ4n) is 1.15. The molecule has 1 heterocycles. The lowest BCUT2D eigenvalue weighted by Gasteiger charge is -2.03. The molecule has 16 heavy (non-hydrogen) atoms. The summed E-state index contributed by atoms with van der Waals surface area (Å²) < 4.78 is 5.35. The van der Waals surface area contributed by atoms with Gasteiger partial charge in [0.2, 0.25) is 0 Å². The molecule has 0 saturated carbocycles. The molecule has 0 aliphatic carbocycles. The van der Waals surface area contributed by atoms with Crippen LogP contribution in [-0.4, -0.2) is 11.1 Å². The topological polar surface area (TPSA) is 81.2 Å². The number of carbonyl (C=O) groups excluding carboxylic acids is 1. The number of nitrogen functional groups attached to an aromatic ring is 1. The maximum Gasteiger partial charge on any atom is 0.256 e. The first kappa shape index (κ1) is 10.7. The molecule has 0 bridgehead atoms. The minimum absolute atomic E-state index is 0.284. The van der Waals surface area contributed by atoms with Crippen LogP contribution in [0.3, 0.4) is 0 Å². The van der Waals surface area contributed by atoms with Crippen LogP contribution in [0, 0.1) is 0 Å². The molecule has 1 aromatic heterocycles. The van der Waals surface area contributed by atoms with Gasteiger partial charge in [0.25, 0.3) is 5.91 Å². The van der Waals surface area contributed by atoms with Crippen LogP contribution < -0.4 is 11.1 Å². The second-order valence-electron chi connectivity index (χ2n) is 3.08. The summed E-state index contributed by atoms with van der Waals surface area (Å²) in [5, 5.41) is 6.14. The highest BCUT2D eigenvalue weighted by molar-refractivity contribution is 9.10. The Labute approximate surface area is 99.7 Å². The summed E-state index contributed by atoms with van der Waals surface area (Å²) in [6, 6.07) is 6.52. The molecule has 0 aliphatic heterocycles. The summed E-state index contributed by atoms with van der Waals surface area (Å²) in [6.45, 7) is 0. The summed E-state index contributed by atoms with van der Waals surface area (Å²) in [7, 11) is 0. The van der Waals surface area contributed by atoms with E-state index >= 15 is 0 Å². The largest absolute Gasteiger partial charge is 0.398 e. The molecule has 0 aliphatic rings. The number of nitrogens with one attached hydrogen (secondary N) is 1. The second kappa shape index (κ2) is 4.36. The predicted molar refractivity (Wildman–Crippen MR) is 63.0 cm³/mol. The van der Waals surface area contributed by atoms with E-state index in [2.05, 4.69) is 30.9 Å². The molecule has 1 amide bonds. The van der Waals surface area contributed by atoms with Gasteiger partial charge in [-0.1, -0.05) is 5.16 Å². The Balaban J connectivity index is 2.18. The Morgan fingerprint density at radius 1 is 1.44 bits per heavy atom. The van der Waals surface area contributed by atoms with Gasteiger partial charge in [0.05, 0.1) is 0 Å². The predicted octanol–water partition coefficient (Wildman–Crippen LogP) is 2.27. The summed E-state index contributed by atoms with van der Waals surface area (Å²) in [6.07, 6.45) is 1.38. The first-order chi connectivity index (χ1) is 7.66. The number of hydrogen-bond donors (Lipinski definition) is 2. The monoisotopic (exact) mass is 281 g/mol. The van der Waals surface area contributed by atoms with E-state index in [1.54, 1.807) is 24.3 Å². The molecule has 3 N–H and O–H groups in total. The summed E-state index contributed by atoms with van der Waals surface area (Å²) in [5.74, 6) is 0.0830. The van der Waals surface area contributed by atoms with Crippen molar-refractivity contribution in [1.29, 1.82) is 0 Å². The first-order valence-corrected chi connectivity index (χ1v) is 5.23. The van der Waals surface area contributed by atoms with Gasteiger partial charge in [-0.15, -0.1) is 0 Å². The van der Waals surface area contributed by atoms with Crippen molar-refractivity contribution in [3.8, 4) is 0 Å². The first-order valence-electron chi connectivity index (χ1n) is 4.43. The van der Waals surface area contributed by atoms with E-state index in [1.165, 1.54) is 6.26 Å². The average molecular weight is 282 g/mol. The number of aromatic nitrogens is 1. The minimum Gasteiger partial charge on any atom is -0.398 e. The Morgan fingerprint density at radius 3 is 2.88 bits per heavy atom. The molecule has 0 unspecified atom stereocenters. The summed E-state index contributed by atoms with van der Waals surface area (Å²) in [5.41, 5.74) is 6.64. The van der Waals surface area contributed by atoms with Crippen molar-refractivity contribution in [2.45, 2.75) is 0 Å². The van der Waals surface area contributed by atoms with E-state index in [9.17, 15) is 4.79 Å². The van der Waals surface area contributed by atoms with E-state index < -0.39 is 0 Å². The van der Waals surface area contributed by atoms with Crippen molar-refractivity contribution >= 4 is 33.3 Å². The molecule has 6 heteroatoms. The number of anilines is 2. The van der Waals surface area contributed by atoms with Crippen LogP contribution in [-0.2, 0) is 0 Å². The number of amides is 1. The number of rotatable bonds is 2. The zero-order valence-electron chi connectivity index (χ0n) is 8.11. The van der Waals surface area contributed by atoms with Crippen molar-refractivity contribution in [2.24, 2.45) is 0 Å². The number of nitrogens with zero attached hydrogens (tertiary/aromatic N) is 1. The highest BCUT2D eigenvalue weighted by Crippen LogP contribution is 2.20. The smallest absolute Gasteiger partial charge is 0.256 e. The molecule has 0 saturated heterocycles. The molecule has 5 nitrogen and oxygen atoms in total. The van der Waals surface area contributed by atoms with E-state index in [4.69, 9.17) is 5.73 Å². The van der Waals surface area contributed by atoms with Gasteiger partial charge < -0.3 is 15.6 Å². The van der Waals surface area contributed by atoms with Gasteiger partial charge >= 0.3 is 0 Å². The van der Waals surface area contributed by atoms with Crippen LogP contribution in [0.25, 0.3) is 0 Å². The van der Waals surface area contributed by atoms with Crippen LogP contribution in [0.4, 0.5) is 11.5 Å². The third kappa shape index (κ3) is 2.22. The highest BCUT2D eigenvalue weighted by atomic mass is 79.9. The standard InChI is InChI=1S/C10H8BrN3O2/c11-7-2-1-6(5-8(7)12)10(15)13-9-3-4-16-14-9/h1-5H,12H2,(H,13,14,15). The number of benzene rings is 1. The summed E-state index contributed by atoms with van der Waals surface area (Å²) in [4.78, 5) is 11.7. The van der Waals surface area contributed by atoms with Crippen molar-refractivity contribution in [1.82, 2.24) is 5.16 Å². The van der Waals surface area contributed by atoms with Gasteiger partial charge in [0, 0.05) is 21.8 Å². The Kier molecular flexibility index (Phi) is 2.91. The van der Waals surface area contributed by atoms with Crippen LogP contribution in [0.1, 0.15) is 10.4 Å². The zero-order chi connectivity index (χ0) is 11.5. The molecule has 2 aromatic rings. The fourth-order valence-corrected chi connectivity index (χ4v) is 1.40. The van der Waals surface area contributed by atoms with E-state index in [0.29, 0.717) is 17.1 Å². The normalized spacial score (nSPS) is 10.1. The number of carbonyl (C=O) groups is 1. The van der Waals surface area contributed by atoms with Crippen LogP contribution in [0.2, 0.25) is 0 Å². The Morgan fingerprint density at radius 2 is 2.25 bits per heavy atom. The molecule has 0 atom stereocenters. The lowest BCUT2D eigenvalue weighted by Crippen LogP contribution is -2.12. The molecular formula is C10H8BrN3O2.